The third-order valence-electron chi connectivity index (χ3n) is 2.95. The van der Waals surface area contributed by atoms with E-state index in [1.54, 1.807) is 7.11 Å². The molecule has 1 aromatic carbocycles. The highest BCUT2D eigenvalue weighted by Gasteiger charge is 2.09. The zero-order valence-corrected chi connectivity index (χ0v) is 10.9. The van der Waals surface area contributed by atoms with Crippen LogP contribution in [0.2, 0.25) is 0 Å². The molecule has 0 atom stereocenters. The Kier molecular flexibility index (Phi) is 3.46. The van der Waals surface area contributed by atoms with E-state index in [0.29, 0.717) is 11.6 Å². The van der Waals surface area contributed by atoms with E-state index in [1.165, 1.54) is 0 Å². The fraction of sp³-hybridized carbons (Fsp3) is 0.286. The summed E-state index contributed by atoms with van der Waals surface area (Å²) in [6, 6.07) is 7.63. The van der Waals surface area contributed by atoms with Crippen molar-refractivity contribution in [2.75, 3.05) is 12.8 Å². The molecule has 0 fully saturated rings. The lowest BCUT2D eigenvalue weighted by molar-refractivity contribution is 0.415. The molecular weight excluding hydrogens is 226 g/mol. The third-order valence-corrected chi connectivity index (χ3v) is 2.95. The quantitative estimate of drug-likeness (QED) is 0.900. The van der Waals surface area contributed by atoms with E-state index in [0.717, 1.165) is 29.0 Å². The average Bonchev–Trinajstić information content (AvgIpc) is 2.38. The van der Waals surface area contributed by atoms with Crippen molar-refractivity contribution in [3.63, 3.8) is 0 Å². The zero-order chi connectivity index (χ0) is 13.1. The number of methoxy groups -OCH3 is 1. The van der Waals surface area contributed by atoms with Crippen molar-refractivity contribution in [2.45, 2.75) is 20.3 Å². The summed E-state index contributed by atoms with van der Waals surface area (Å²) in [6.07, 6.45) is 0.848. The van der Waals surface area contributed by atoms with Crippen LogP contribution >= 0.6 is 0 Å². The maximum absolute atomic E-state index is 5.95. The van der Waals surface area contributed by atoms with Gasteiger partial charge in [-0.2, -0.15) is 0 Å². The van der Waals surface area contributed by atoms with Gasteiger partial charge < -0.3 is 10.5 Å². The van der Waals surface area contributed by atoms with E-state index in [2.05, 4.69) is 16.9 Å². The summed E-state index contributed by atoms with van der Waals surface area (Å²) in [7, 11) is 1.64. The van der Waals surface area contributed by atoms with E-state index >= 15 is 0 Å². The molecule has 0 bridgehead atoms. The fourth-order valence-electron chi connectivity index (χ4n) is 1.92. The molecule has 0 unspecified atom stereocenters. The van der Waals surface area contributed by atoms with Crippen LogP contribution in [0, 0.1) is 6.92 Å². The van der Waals surface area contributed by atoms with E-state index in [4.69, 9.17) is 10.5 Å². The molecular formula is C14H17N3O. The Morgan fingerprint density at radius 3 is 2.33 bits per heavy atom. The van der Waals surface area contributed by atoms with Crippen molar-refractivity contribution in [3.8, 4) is 17.1 Å². The highest BCUT2D eigenvalue weighted by atomic mass is 16.5. The minimum absolute atomic E-state index is 0.566. The normalized spacial score (nSPS) is 10.4. The largest absolute Gasteiger partial charge is 0.497 e. The Balaban J connectivity index is 2.44. The summed E-state index contributed by atoms with van der Waals surface area (Å²) in [5, 5.41) is 0. The highest BCUT2D eigenvalue weighted by molar-refractivity contribution is 5.59. The van der Waals surface area contributed by atoms with Gasteiger partial charge in [0, 0.05) is 16.8 Å². The molecule has 18 heavy (non-hydrogen) atoms. The summed E-state index contributed by atoms with van der Waals surface area (Å²) in [6.45, 7) is 4.01. The molecule has 0 saturated carbocycles. The van der Waals surface area contributed by atoms with Crippen molar-refractivity contribution in [1.29, 1.82) is 0 Å². The molecule has 4 nitrogen and oxygen atoms in total. The van der Waals surface area contributed by atoms with Crippen molar-refractivity contribution in [3.05, 3.63) is 35.5 Å². The molecule has 0 aliphatic rings. The molecule has 1 aromatic heterocycles. The molecule has 1 heterocycles. The fourth-order valence-corrected chi connectivity index (χ4v) is 1.92. The van der Waals surface area contributed by atoms with E-state index in [1.807, 2.05) is 31.2 Å². The number of hydrogen-bond acceptors (Lipinski definition) is 4. The number of nitrogens with two attached hydrogens (primary N) is 1. The van der Waals surface area contributed by atoms with Crippen LogP contribution in [0.25, 0.3) is 11.4 Å². The Morgan fingerprint density at radius 1 is 1.17 bits per heavy atom. The number of aryl methyl sites for hydroxylation is 1. The van der Waals surface area contributed by atoms with Crippen LogP contribution in [0.4, 0.5) is 5.82 Å². The first-order chi connectivity index (χ1) is 8.65. The Bertz CT molecular complexity index is 526. The molecule has 0 amide bonds. The minimum atomic E-state index is 0.566. The van der Waals surface area contributed by atoms with Crippen molar-refractivity contribution in [2.24, 2.45) is 0 Å². The van der Waals surface area contributed by atoms with Gasteiger partial charge in [0.2, 0.25) is 0 Å². The Labute approximate surface area is 107 Å². The van der Waals surface area contributed by atoms with Gasteiger partial charge in [-0.15, -0.1) is 0 Å². The van der Waals surface area contributed by atoms with Gasteiger partial charge in [0.25, 0.3) is 0 Å². The molecule has 0 radical (unpaired) electrons. The molecule has 0 saturated heterocycles. The van der Waals surface area contributed by atoms with Crippen LogP contribution in [-0.2, 0) is 6.42 Å². The van der Waals surface area contributed by atoms with E-state index in [-0.39, 0.29) is 0 Å². The first-order valence-electron chi connectivity index (χ1n) is 5.93. The molecule has 0 aliphatic carbocycles. The van der Waals surface area contributed by atoms with Gasteiger partial charge in [0.15, 0.2) is 5.82 Å². The highest BCUT2D eigenvalue weighted by Crippen LogP contribution is 2.22. The van der Waals surface area contributed by atoms with Gasteiger partial charge in [-0.05, 0) is 37.6 Å². The van der Waals surface area contributed by atoms with Crippen LogP contribution in [0.15, 0.2) is 24.3 Å². The third kappa shape index (κ3) is 2.27. The second-order valence-electron chi connectivity index (χ2n) is 4.08. The molecule has 2 rings (SSSR count). The Hall–Kier alpha value is -2.10. The van der Waals surface area contributed by atoms with Crippen molar-refractivity contribution >= 4 is 5.82 Å². The van der Waals surface area contributed by atoms with Gasteiger partial charge >= 0.3 is 0 Å². The standard InChI is InChI=1S/C14H17N3O/c1-4-12-9(2)16-14(17-13(12)15)10-5-7-11(18-3)8-6-10/h5-8H,4H2,1-3H3,(H2,15,16,17). The summed E-state index contributed by atoms with van der Waals surface area (Å²) in [5.74, 6) is 2.04. The molecule has 0 spiro atoms. The molecule has 4 heteroatoms. The van der Waals surface area contributed by atoms with Gasteiger partial charge in [-0.25, -0.2) is 9.97 Å². The topological polar surface area (TPSA) is 61.0 Å². The second-order valence-corrected chi connectivity index (χ2v) is 4.08. The van der Waals surface area contributed by atoms with Crippen molar-refractivity contribution < 1.29 is 4.74 Å². The number of rotatable bonds is 3. The number of nitrogens with zero attached hydrogens (tertiary/aromatic N) is 2. The minimum Gasteiger partial charge on any atom is -0.497 e. The SMILES string of the molecule is CCc1c(C)nc(-c2ccc(OC)cc2)nc1N. The molecule has 2 N–H and O–H groups in total. The molecule has 0 aliphatic heterocycles. The maximum Gasteiger partial charge on any atom is 0.161 e. The van der Waals surface area contributed by atoms with Gasteiger partial charge in [-0.3, -0.25) is 0 Å². The summed E-state index contributed by atoms with van der Waals surface area (Å²) >= 11 is 0. The lowest BCUT2D eigenvalue weighted by atomic mass is 10.1. The predicted molar refractivity (Wildman–Crippen MR) is 72.5 cm³/mol. The lowest BCUT2D eigenvalue weighted by Gasteiger charge is -2.09. The number of hydrogen-bond donors (Lipinski definition) is 1. The average molecular weight is 243 g/mol. The van der Waals surface area contributed by atoms with Crippen LogP contribution in [0.1, 0.15) is 18.2 Å². The second kappa shape index (κ2) is 5.04. The zero-order valence-electron chi connectivity index (χ0n) is 10.9. The lowest BCUT2D eigenvalue weighted by Crippen LogP contribution is -2.04. The first kappa shape index (κ1) is 12.4. The smallest absolute Gasteiger partial charge is 0.161 e. The monoisotopic (exact) mass is 243 g/mol. The van der Waals surface area contributed by atoms with Crippen LogP contribution in [0.3, 0.4) is 0 Å². The van der Waals surface area contributed by atoms with Gasteiger partial charge in [-0.1, -0.05) is 6.92 Å². The summed E-state index contributed by atoms with van der Waals surface area (Å²) < 4.78 is 5.12. The maximum atomic E-state index is 5.95. The summed E-state index contributed by atoms with van der Waals surface area (Å²) in [4.78, 5) is 8.86. The van der Waals surface area contributed by atoms with Crippen LogP contribution < -0.4 is 10.5 Å². The van der Waals surface area contributed by atoms with Crippen LogP contribution in [0.5, 0.6) is 5.75 Å². The Morgan fingerprint density at radius 2 is 1.83 bits per heavy atom. The number of anilines is 1. The van der Waals surface area contributed by atoms with Crippen LogP contribution in [-0.4, -0.2) is 17.1 Å². The van der Waals surface area contributed by atoms with Gasteiger partial charge in [0.1, 0.15) is 11.6 Å². The van der Waals surface area contributed by atoms with E-state index in [9.17, 15) is 0 Å². The number of benzene rings is 1. The van der Waals surface area contributed by atoms with Crippen molar-refractivity contribution in [1.82, 2.24) is 9.97 Å². The van der Waals surface area contributed by atoms with Gasteiger partial charge in [0.05, 0.1) is 7.11 Å². The number of nitrogen functional groups attached to an aromatic ring is 1. The summed E-state index contributed by atoms with van der Waals surface area (Å²) in [5.41, 5.74) is 8.85. The first-order valence-corrected chi connectivity index (χ1v) is 5.93. The van der Waals surface area contributed by atoms with E-state index < -0.39 is 0 Å². The molecule has 94 valence electrons. The number of ether oxygens (including phenoxy) is 1. The number of aromatic nitrogens is 2. The molecule has 2 aromatic rings. The predicted octanol–water partition coefficient (Wildman–Crippen LogP) is 2.61.